The highest BCUT2D eigenvalue weighted by atomic mass is 35.5. The highest BCUT2D eigenvalue weighted by molar-refractivity contribution is 7.89. The van der Waals surface area contributed by atoms with Crippen LogP contribution in [0.15, 0.2) is 47.5 Å². The number of carboxylic acid groups (broad SMARTS) is 2. The number of hydrogen-bond donors (Lipinski definition) is 3. The van der Waals surface area contributed by atoms with Gasteiger partial charge in [-0.3, -0.25) is 4.98 Å². The molecule has 1 saturated heterocycles. The Morgan fingerprint density at radius 3 is 2.45 bits per heavy atom. The molecule has 0 saturated carbocycles. The van der Waals surface area contributed by atoms with Crippen LogP contribution in [0.5, 0.6) is 0 Å². The Hall–Kier alpha value is -3.25. The fourth-order valence-electron chi connectivity index (χ4n) is 3.49. The van der Waals surface area contributed by atoms with Gasteiger partial charge < -0.3 is 20.3 Å². The van der Waals surface area contributed by atoms with Gasteiger partial charge in [-0.15, -0.1) is 0 Å². The molecule has 0 aliphatic carbocycles. The van der Waals surface area contributed by atoms with Crippen molar-refractivity contribution in [1.82, 2.24) is 9.29 Å². The monoisotopic (exact) mass is 491 g/mol. The molecule has 1 fully saturated rings. The number of anilines is 2. The van der Waals surface area contributed by atoms with E-state index in [9.17, 15) is 28.2 Å². The van der Waals surface area contributed by atoms with Crippen LogP contribution in [-0.4, -0.2) is 66.2 Å². The summed E-state index contributed by atoms with van der Waals surface area (Å²) < 4.78 is 33.4. The number of sulfonamides is 1. The topological polar surface area (TPSA) is 146 Å². The van der Waals surface area contributed by atoms with Crippen LogP contribution in [0, 0.1) is 0 Å². The normalized spacial score (nSPS) is 14.8. The summed E-state index contributed by atoms with van der Waals surface area (Å²) in [7, 11) is -4.03. The van der Waals surface area contributed by atoms with Gasteiger partial charge in [0, 0.05) is 29.7 Å². The molecule has 2 aromatic carbocycles. The Morgan fingerprint density at radius 1 is 1.06 bits per heavy atom. The van der Waals surface area contributed by atoms with Gasteiger partial charge in [-0.05, 0) is 36.4 Å². The number of aromatic nitrogens is 1. The zero-order valence-corrected chi connectivity index (χ0v) is 18.6. The number of fused-ring (bicyclic) bond motifs is 1. The van der Waals surface area contributed by atoms with E-state index in [0.717, 1.165) is 6.07 Å². The number of morpholine rings is 1. The SMILES string of the molecule is O=C(O)c1ccc(Nc2c(S(=O)(=O)N3CCOCC3)cnc3ccc(Cl)cc23)c(C(=O)O)c1. The Morgan fingerprint density at radius 2 is 1.79 bits per heavy atom. The van der Waals surface area contributed by atoms with E-state index in [4.69, 9.17) is 16.3 Å². The summed E-state index contributed by atoms with van der Waals surface area (Å²) in [5.74, 6) is -2.67. The van der Waals surface area contributed by atoms with E-state index in [1.165, 1.54) is 28.7 Å². The standard InChI is InChI=1S/C21H18ClN3O7S/c22-13-2-4-16-14(10-13)19(18(11-23-16)33(30,31)25-5-7-32-8-6-25)24-17-3-1-12(20(26)27)9-15(17)21(28)29/h1-4,9-11H,5-8H2,(H,23,24)(H,26,27)(H,28,29). The van der Waals surface area contributed by atoms with E-state index in [1.54, 1.807) is 12.1 Å². The van der Waals surface area contributed by atoms with Crippen LogP contribution in [0.2, 0.25) is 5.02 Å². The van der Waals surface area contributed by atoms with E-state index >= 15 is 0 Å². The second-order valence-electron chi connectivity index (χ2n) is 7.17. The molecule has 0 bridgehead atoms. The fourth-order valence-corrected chi connectivity index (χ4v) is 5.18. The highest BCUT2D eigenvalue weighted by Crippen LogP contribution is 2.36. The third-order valence-corrected chi connectivity index (χ3v) is 7.29. The minimum absolute atomic E-state index is 0.0124. The van der Waals surface area contributed by atoms with Crippen LogP contribution in [0.25, 0.3) is 10.9 Å². The zero-order chi connectivity index (χ0) is 23.8. The second kappa shape index (κ2) is 8.94. The highest BCUT2D eigenvalue weighted by Gasteiger charge is 2.30. The second-order valence-corrected chi connectivity index (χ2v) is 9.51. The molecule has 1 aliphatic rings. The molecule has 0 radical (unpaired) electrons. The van der Waals surface area contributed by atoms with E-state index in [0.29, 0.717) is 15.9 Å². The molecule has 0 unspecified atom stereocenters. The number of nitrogens with zero attached hydrogens (tertiary/aromatic N) is 2. The van der Waals surface area contributed by atoms with E-state index in [-0.39, 0.29) is 53.7 Å². The number of carboxylic acids is 2. The van der Waals surface area contributed by atoms with Gasteiger partial charge in [0.2, 0.25) is 10.0 Å². The fraction of sp³-hybridized carbons (Fsp3) is 0.190. The molecule has 3 N–H and O–H groups in total. The molecular formula is C21H18ClN3O7S. The van der Waals surface area contributed by atoms with Crippen molar-refractivity contribution in [1.29, 1.82) is 0 Å². The molecule has 3 aromatic rings. The van der Waals surface area contributed by atoms with Gasteiger partial charge in [0.15, 0.2) is 0 Å². The van der Waals surface area contributed by atoms with Crippen molar-refractivity contribution in [2.45, 2.75) is 4.90 Å². The Kier molecular flexibility index (Phi) is 6.21. The number of hydrogen-bond acceptors (Lipinski definition) is 7. The largest absolute Gasteiger partial charge is 0.478 e. The molecule has 10 nitrogen and oxygen atoms in total. The number of carbonyl (C=O) groups is 2. The first-order valence-corrected chi connectivity index (χ1v) is 11.5. The van der Waals surface area contributed by atoms with Gasteiger partial charge >= 0.3 is 11.9 Å². The molecular weight excluding hydrogens is 474 g/mol. The van der Waals surface area contributed by atoms with Crippen molar-refractivity contribution in [3.63, 3.8) is 0 Å². The zero-order valence-electron chi connectivity index (χ0n) is 17.0. The molecule has 0 amide bonds. The van der Waals surface area contributed by atoms with Gasteiger partial charge in [-0.2, -0.15) is 4.31 Å². The summed E-state index contributed by atoms with van der Waals surface area (Å²) in [5, 5.41) is 22.4. The van der Waals surface area contributed by atoms with E-state index in [1.807, 2.05) is 0 Å². The van der Waals surface area contributed by atoms with Gasteiger partial charge in [-0.25, -0.2) is 18.0 Å². The molecule has 172 valence electrons. The average Bonchev–Trinajstić information content (AvgIpc) is 2.79. The van der Waals surface area contributed by atoms with E-state index in [2.05, 4.69) is 10.3 Å². The maximum atomic E-state index is 13.5. The summed E-state index contributed by atoms with van der Waals surface area (Å²) in [4.78, 5) is 27.2. The maximum Gasteiger partial charge on any atom is 0.337 e. The first-order valence-electron chi connectivity index (χ1n) is 9.72. The minimum Gasteiger partial charge on any atom is -0.478 e. The number of aromatic carboxylic acids is 2. The van der Waals surface area contributed by atoms with Crippen molar-refractivity contribution < 1.29 is 33.0 Å². The lowest BCUT2D eigenvalue weighted by molar-refractivity contribution is 0.0696. The lowest BCUT2D eigenvalue weighted by Gasteiger charge is -2.27. The van der Waals surface area contributed by atoms with Crippen molar-refractivity contribution in [2.75, 3.05) is 31.6 Å². The summed E-state index contributed by atoms with van der Waals surface area (Å²) in [6, 6.07) is 8.23. The Bertz CT molecular complexity index is 1370. The van der Waals surface area contributed by atoms with Gasteiger partial charge in [0.1, 0.15) is 4.90 Å². The van der Waals surface area contributed by atoms with E-state index < -0.39 is 22.0 Å². The molecule has 0 spiro atoms. The predicted octanol–water partition coefficient (Wildman–Crippen LogP) is 3.05. The van der Waals surface area contributed by atoms with Crippen molar-refractivity contribution in [3.05, 3.63) is 58.7 Å². The summed E-state index contributed by atoms with van der Waals surface area (Å²) >= 11 is 6.15. The average molecular weight is 492 g/mol. The number of rotatable bonds is 6. The molecule has 33 heavy (non-hydrogen) atoms. The van der Waals surface area contributed by atoms with Crippen LogP contribution in [0.3, 0.4) is 0 Å². The van der Waals surface area contributed by atoms with Crippen molar-refractivity contribution >= 4 is 55.8 Å². The Labute approximate surface area is 193 Å². The Balaban J connectivity index is 1.92. The lowest BCUT2D eigenvalue weighted by Crippen LogP contribution is -2.40. The van der Waals surface area contributed by atoms with Crippen LogP contribution in [0.4, 0.5) is 11.4 Å². The van der Waals surface area contributed by atoms with Crippen LogP contribution in [0.1, 0.15) is 20.7 Å². The molecule has 1 aliphatic heterocycles. The third-order valence-electron chi connectivity index (χ3n) is 5.14. The van der Waals surface area contributed by atoms with Gasteiger partial charge in [0.25, 0.3) is 0 Å². The molecule has 0 atom stereocenters. The minimum atomic E-state index is -4.03. The predicted molar refractivity (Wildman–Crippen MR) is 120 cm³/mol. The number of halogens is 1. The van der Waals surface area contributed by atoms with Crippen molar-refractivity contribution in [2.24, 2.45) is 0 Å². The number of ether oxygens (including phenoxy) is 1. The van der Waals surface area contributed by atoms with Crippen LogP contribution >= 0.6 is 11.6 Å². The summed E-state index contributed by atoms with van der Waals surface area (Å²) in [5.41, 5.74) is -0.0295. The van der Waals surface area contributed by atoms with Crippen molar-refractivity contribution in [3.8, 4) is 0 Å². The number of benzene rings is 2. The maximum absolute atomic E-state index is 13.5. The summed E-state index contributed by atoms with van der Waals surface area (Å²) in [6.45, 7) is 0.801. The first-order chi connectivity index (χ1) is 15.7. The van der Waals surface area contributed by atoms with Gasteiger partial charge in [-0.1, -0.05) is 11.6 Å². The molecule has 4 rings (SSSR count). The molecule has 12 heteroatoms. The van der Waals surface area contributed by atoms with Crippen LogP contribution in [-0.2, 0) is 14.8 Å². The molecule has 2 heterocycles. The number of nitrogens with one attached hydrogen (secondary N) is 1. The quantitative estimate of drug-likeness (QED) is 0.473. The lowest BCUT2D eigenvalue weighted by atomic mass is 10.1. The number of pyridine rings is 1. The third kappa shape index (κ3) is 4.48. The van der Waals surface area contributed by atoms with Crippen LogP contribution < -0.4 is 5.32 Å². The smallest absolute Gasteiger partial charge is 0.337 e. The van der Waals surface area contributed by atoms with Gasteiger partial charge in [0.05, 0.1) is 41.2 Å². The summed E-state index contributed by atoms with van der Waals surface area (Å²) in [6.07, 6.45) is 1.20. The first kappa shape index (κ1) is 22.9. The molecule has 1 aromatic heterocycles.